The van der Waals surface area contributed by atoms with Gasteiger partial charge in [0.2, 0.25) is 5.91 Å². The Bertz CT molecular complexity index is 435. The fraction of sp³-hybridized carbons (Fsp3) is 0.895. The zero-order valence-electron chi connectivity index (χ0n) is 17.8. The van der Waals surface area contributed by atoms with Gasteiger partial charge < -0.3 is 25.0 Å². The molecule has 158 valence electrons. The van der Waals surface area contributed by atoms with Gasteiger partial charge in [-0.25, -0.2) is 4.99 Å². The quantitative estimate of drug-likeness (QED) is 0.304. The van der Waals surface area contributed by atoms with Crippen molar-refractivity contribution in [3.05, 3.63) is 0 Å². The first-order chi connectivity index (χ1) is 13.0. The summed E-state index contributed by atoms with van der Waals surface area (Å²) in [5.41, 5.74) is 0. The molecule has 1 aliphatic rings. The van der Waals surface area contributed by atoms with Crippen molar-refractivity contribution in [2.24, 2.45) is 10.9 Å². The van der Waals surface area contributed by atoms with Gasteiger partial charge in [0, 0.05) is 53.4 Å². The molecule has 0 aromatic carbocycles. The van der Waals surface area contributed by atoms with Gasteiger partial charge in [0.05, 0.1) is 19.8 Å². The number of guanidine groups is 1. The van der Waals surface area contributed by atoms with Crippen LogP contribution >= 0.6 is 0 Å². The predicted molar refractivity (Wildman–Crippen MR) is 109 cm³/mol. The van der Waals surface area contributed by atoms with Gasteiger partial charge in [0.25, 0.3) is 0 Å². The second-order valence-electron chi connectivity index (χ2n) is 7.05. The van der Waals surface area contributed by atoms with Crippen LogP contribution in [0.4, 0.5) is 0 Å². The molecular formula is C19H39N5O3. The van der Waals surface area contributed by atoms with Crippen molar-refractivity contribution in [2.75, 3.05) is 73.7 Å². The molecule has 0 spiro atoms. The van der Waals surface area contributed by atoms with E-state index in [0.717, 1.165) is 45.7 Å². The van der Waals surface area contributed by atoms with Crippen molar-refractivity contribution in [1.82, 2.24) is 20.4 Å². The van der Waals surface area contributed by atoms with E-state index in [1.807, 2.05) is 0 Å². The lowest BCUT2D eigenvalue weighted by Gasteiger charge is -2.39. The molecule has 0 radical (unpaired) electrons. The fourth-order valence-electron chi connectivity index (χ4n) is 3.27. The summed E-state index contributed by atoms with van der Waals surface area (Å²) in [5.74, 6) is 1.25. The number of carbonyl (C=O) groups excluding carboxylic acids is 1. The number of aliphatic imine (C=N–C) groups is 1. The summed E-state index contributed by atoms with van der Waals surface area (Å²) in [6, 6.07) is 0.419. The van der Waals surface area contributed by atoms with Gasteiger partial charge in [-0.3, -0.25) is 9.69 Å². The maximum Gasteiger partial charge on any atom is 0.243 e. The molecule has 1 fully saturated rings. The molecule has 8 heteroatoms. The molecule has 0 aromatic heterocycles. The van der Waals surface area contributed by atoms with Crippen LogP contribution in [0.3, 0.4) is 0 Å². The monoisotopic (exact) mass is 385 g/mol. The van der Waals surface area contributed by atoms with Gasteiger partial charge in [-0.05, 0) is 5.92 Å². The smallest absolute Gasteiger partial charge is 0.243 e. The van der Waals surface area contributed by atoms with Crippen molar-refractivity contribution in [1.29, 1.82) is 0 Å². The van der Waals surface area contributed by atoms with Gasteiger partial charge in [-0.2, -0.15) is 0 Å². The highest BCUT2D eigenvalue weighted by molar-refractivity contribution is 5.84. The maximum atomic E-state index is 11.9. The highest BCUT2D eigenvalue weighted by atomic mass is 16.5. The molecule has 1 amide bonds. The normalized spacial score (nSPS) is 17.0. The molecule has 27 heavy (non-hydrogen) atoms. The third-order valence-electron chi connectivity index (χ3n) is 5.06. The van der Waals surface area contributed by atoms with E-state index in [0.29, 0.717) is 31.1 Å². The predicted octanol–water partition coefficient (Wildman–Crippen LogP) is 0.393. The third-order valence-corrected chi connectivity index (χ3v) is 5.06. The van der Waals surface area contributed by atoms with Crippen LogP contribution in [0.5, 0.6) is 0 Å². The Balaban J connectivity index is 2.75. The van der Waals surface area contributed by atoms with Gasteiger partial charge >= 0.3 is 0 Å². The van der Waals surface area contributed by atoms with E-state index in [4.69, 9.17) is 9.47 Å². The fourth-order valence-corrected chi connectivity index (χ4v) is 3.27. The van der Waals surface area contributed by atoms with Gasteiger partial charge in [0.15, 0.2) is 5.96 Å². The van der Waals surface area contributed by atoms with Crippen LogP contribution in [0.2, 0.25) is 0 Å². The molecule has 1 atom stereocenters. The lowest BCUT2D eigenvalue weighted by molar-refractivity contribution is -0.127. The van der Waals surface area contributed by atoms with Crippen LogP contribution < -0.4 is 10.6 Å². The second-order valence-corrected chi connectivity index (χ2v) is 7.05. The molecule has 1 saturated heterocycles. The highest BCUT2D eigenvalue weighted by Crippen LogP contribution is 2.19. The minimum absolute atomic E-state index is 0.0208. The van der Waals surface area contributed by atoms with E-state index in [2.05, 4.69) is 34.4 Å². The zero-order valence-corrected chi connectivity index (χ0v) is 17.8. The molecule has 8 nitrogen and oxygen atoms in total. The molecule has 1 aliphatic heterocycles. The lowest BCUT2D eigenvalue weighted by Crippen LogP contribution is -2.53. The number of hydrogen-bond donors (Lipinski definition) is 2. The van der Waals surface area contributed by atoms with E-state index in [9.17, 15) is 4.79 Å². The molecule has 0 aromatic rings. The molecule has 1 rings (SSSR count). The molecule has 0 saturated carbocycles. The zero-order chi connectivity index (χ0) is 20.1. The number of likely N-dealkylation sites (N-methyl/N-ethyl adjacent to an activating group) is 1. The second kappa shape index (κ2) is 13.7. The summed E-state index contributed by atoms with van der Waals surface area (Å²) < 4.78 is 10.6. The first kappa shape index (κ1) is 23.7. The minimum Gasteiger partial charge on any atom is -0.383 e. The highest BCUT2D eigenvalue weighted by Gasteiger charge is 2.27. The molecule has 2 N–H and O–H groups in total. The summed E-state index contributed by atoms with van der Waals surface area (Å²) in [4.78, 5) is 20.4. The summed E-state index contributed by atoms with van der Waals surface area (Å²) >= 11 is 0. The number of morpholine rings is 1. The molecule has 0 bridgehead atoms. The number of methoxy groups -OCH3 is 1. The average molecular weight is 386 g/mol. The van der Waals surface area contributed by atoms with Crippen LogP contribution in [0, 0.1) is 5.92 Å². The number of nitrogens with zero attached hydrogens (tertiary/aromatic N) is 3. The van der Waals surface area contributed by atoms with E-state index in [1.54, 1.807) is 26.1 Å². The summed E-state index contributed by atoms with van der Waals surface area (Å²) in [6.07, 6.45) is 2.28. The van der Waals surface area contributed by atoms with Crippen LogP contribution in [-0.2, 0) is 14.3 Å². The van der Waals surface area contributed by atoms with Crippen LogP contribution in [0.1, 0.15) is 26.7 Å². The van der Waals surface area contributed by atoms with Crippen molar-refractivity contribution >= 4 is 11.9 Å². The SMILES string of the molecule is CCC(CC)C(CNC(=NCC(=O)N(C)C)NCCOC)N1CCOCC1. The molecule has 1 heterocycles. The summed E-state index contributed by atoms with van der Waals surface area (Å²) in [7, 11) is 5.15. The number of ether oxygens (including phenoxy) is 2. The number of hydrogen-bond acceptors (Lipinski definition) is 5. The van der Waals surface area contributed by atoms with E-state index < -0.39 is 0 Å². The van der Waals surface area contributed by atoms with E-state index in [-0.39, 0.29) is 12.5 Å². The third kappa shape index (κ3) is 8.90. The van der Waals surface area contributed by atoms with E-state index >= 15 is 0 Å². The number of rotatable bonds is 11. The standard InChI is InChI=1S/C19H39N5O3/c1-6-16(7-2)17(24-9-12-27-13-10-24)14-21-19(20-8-11-26-5)22-15-18(25)23(3)4/h16-17H,6-15H2,1-5H3,(H2,20,21,22). The van der Waals surface area contributed by atoms with Crippen LogP contribution in [0.25, 0.3) is 0 Å². The number of nitrogens with one attached hydrogen (secondary N) is 2. The lowest BCUT2D eigenvalue weighted by atomic mass is 9.92. The Kier molecular flexibility index (Phi) is 12.0. The van der Waals surface area contributed by atoms with E-state index in [1.165, 1.54) is 0 Å². The van der Waals surface area contributed by atoms with Gasteiger partial charge in [0.1, 0.15) is 6.54 Å². The molecular weight excluding hydrogens is 346 g/mol. The Morgan fingerprint density at radius 2 is 1.89 bits per heavy atom. The number of amides is 1. The van der Waals surface area contributed by atoms with Gasteiger partial charge in [-0.15, -0.1) is 0 Å². The Morgan fingerprint density at radius 3 is 2.44 bits per heavy atom. The van der Waals surface area contributed by atoms with Crippen LogP contribution in [-0.4, -0.2) is 101 Å². The minimum atomic E-state index is -0.0208. The Hall–Kier alpha value is -1.38. The maximum absolute atomic E-state index is 11.9. The van der Waals surface area contributed by atoms with Crippen molar-refractivity contribution < 1.29 is 14.3 Å². The topological polar surface area (TPSA) is 78.4 Å². The van der Waals surface area contributed by atoms with Crippen molar-refractivity contribution in [3.63, 3.8) is 0 Å². The summed E-state index contributed by atoms with van der Waals surface area (Å²) in [6.45, 7) is 10.2. The number of carbonyl (C=O) groups is 1. The first-order valence-electron chi connectivity index (χ1n) is 10.1. The summed E-state index contributed by atoms with van der Waals surface area (Å²) in [5, 5.41) is 6.70. The van der Waals surface area contributed by atoms with Crippen molar-refractivity contribution in [2.45, 2.75) is 32.7 Å². The Morgan fingerprint density at radius 1 is 1.22 bits per heavy atom. The average Bonchev–Trinajstić information content (AvgIpc) is 2.69. The molecule has 1 unspecified atom stereocenters. The first-order valence-corrected chi connectivity index (χ1v) is 10.1. The largest absolute Gasteiger partial charge is 0.383 e. The molecule has 0 aliphatic carbocycles. The Labute approximate surface area is 164 Å². The van der Waals surface area contributed by atoms with Crippen LogP contribution in [0.15, 0.2) is 4.99 Å². The van der Waals surface area contributed by atoms with Crippen molar-refractivity contribution in [3.8, 4) is 0 Å². The van der Waals surface area contributed by atoms with Gasteiger partial charge in [-0.1, -0.05) is 26.7 Å².